The standard InChI is InChI=1S/C18H20F3NO2/c19-18(20,21)24-15-7-3-6-13(10-15)17-14(11-22-23)8-9-16(17)12-4-1-2-5-12/h3,6-7,10-12,14,23H,1-2,4-5,8-9H2. The maximum atomic E-state index is 12.5. The second kappa shape index (κ2) is 6.87. The Morgan fingerprint density at radius 2 is 1.92 bits per heavy atom. The third-order valence-electron chi connectivity index (χ3n) is 4.91. The van der Waals surface area contributed by atoms with Crippen LogP contribution in [0, 0.1) is 11.8 Å². The van der Waals surface area contributed by atoms with Crippen molar-refractivity contribution >= 4 is 11.8 Å². The lowest BCUT2D eigenvalue weighted by Gasteiger charge is -2.17. The molecule has 3 rings (SSSR count). The van der Waals surface area contributed by atoms with Gasteiger partial charge in [0.1, 0.15) is 5.75 Å². The number of benzene rings is 1. The van der Waals surface area contributed by atoms with E-state index in [2.05, 4.69) is 9.89 Å². The van der Waals surface area contributed by atoms with Gasteiger partial charge in [-0.05, 0) is 54.9 Å². The van der Waals surface area contributed by atoms with Crippen LogP contribution in [-0.4, -0.2) is 17.8 Å². The predicted molar refractivity (Wildman–Crippen MR) is 85.0 cm³/mol. The average molecular weight is 339 g/mol. The van der Waals surface area contributed by atoms with Gasteiger partial charge in [-0.2, -0.15) is 0 Å². The van der Waals surface area contributed by atoms with E-state index in [4.69, 9.17) is 5.21 Å². The SMILES string of the molecule is ON=CC1CCC(C2CCCC2)=C1c1cccc(OC(F)(F)F)c1. The Labute approximate surface area is 138 Å². The van der Waals surface area contributed by atoms with Crippen LogP contribution in [0.4, 0.5) is 13.2 Å². The zero-order valence-electron chi connectivity index (χ0n) is 13.2. The van der Waals surface area contributed by atoms with Gasteiger partial charge in [0.15, 0.2) is 0 Å². The number of hydrogen-bond acceptors (Lipinski definition) is 3. The third-order valence-corrected chi connectivity index (χ3v) is 4.91. The molecule has 1 fully saturated rings. The van der Waals surface area contributed by atoms with Gasteiger partial charge < -0.3 is 9.94 Å². The number of hydrogen-bond donors (Lipinski definition) is 1. The molecular formula is C18H20F3NO2. The maximum absolute atomic E-state index is 12.5. The molecule has 0 heterocycles. The largest absolute Gasteiger partial charge is 0.573 e. The predicted octanol–water partition coefficient (Wildman–Crippen LogP) is 5.40. The summed E-state index contributed by atoms with van der Waals surface area (Å²) in [6, 6.07) is 6.11. The molecule has 0 bridgehead atoms. The molecule has 0 radical (unpaired) electrons. The van der Waals surface area contributed by atoms with Crippen LogP contribution in [0.3, 0.4) is 0 Å². The van der Waals surface area contributed by atoms with Crippen molar-refractivity contribution in [1.29, 1.82) is 0 Å². The Hall–Kier alpha value is -1.98. The summed E-state index contributed by atoms with van der Waals surface area (Å²) in [6.45, 7) is 0. The zero-order valence-corrected chi connectivity index (χ0v) is 13.2. The van der Waals surface area contributed by atoms with Gasteiger partial charge in [-0.25, -0.2) is 0 Å². The molecule has 2 aliphatic rings. The molecular weight excluding hydrogens is 319 g/mol. The highest BCUT2D eigenvalue weighted by molar-refractivity contribution is 5.86. The molecule has 0 amide bonds. The van der Waals surface area contributed by atoms with Gasteiger partial charge in [0.2, 0.25) is 0 Å². The van der Waals surface area contributed by atoms with Crippen LogP contribution in [0.15, 0.2) is 35.0 Å². The second-order valence-electron chi connectivity index (χ2n) is 6.41. The van der Waals surface area contributed by atoms with E-state index in [1.165, 1.54) is 36.8 Å². The van der Waals surface area contributed by atoms with E-state index in [0.717, 1.165) is 36.8 Å². The summed E-state index contributed by atoms with van der Waals surface area (Å²) >= 11 is 0. The summed E-state index contributed by atoms with van der Waals surface area (Å²) in [5.41, 5.74) is 3.04. The first-order chi connectivity index (χ1) is 11.5. The van der Waals surface area contributed by atoms with Crippen LogP contribution >= 0.6 is 0 Å². The van der Waals surface area contributed by atoms with E-state index >= 15 is 0 Å². The summed E-state index contributed by atoms with van der Waals surface area (Å²) in [6.07, 6.45) is 3.14. The van der Waals surface area contributed by atoms with E-state index in [9.17, 15) is 13.2 Å². The first kappa shape index (κ1) is 16.9. The van der Waals surface area contributed by atoms with Crippen molar-refractivity contribution in [3.8, 4) is 5.75 Å². The summed E-state index contributed by atoms with van der Waals surface area (Å²) in [5, 5.41) is 12.1. The van der Waals surface area contributed by atoms with Gasteiger partial charge >= 0.3 is 6.36 Å². The Kier molecular flexibility index (Phi) is 4.83. The van der Waals surface area contributed by atoms with Gasteiger partial charge in [0, 0.05) is 5.92 Å². The summed E-state index contributed by atoms with van der Waals surface area (Å²) < 4.78 is 41.5. The van der Waals surface area contributed by atoms with E-state index in [1.807, 2.05) is 0 Å². The number of nitrogens with zero attached hydrogens (tertiary/aromatic N) is 1. The number of allylic oxidation sites excluding steroid dienone is 2. The topological polar surface area (TPSA) is 41.8 Å². The molecule has 0 aliphatic heterocycles. The molecule has 0 spiro atoms. The minimum atomic E-state index is -4.71. The van der Waals surface area contributed by atoms with Crippen LogP contribution in [0.1, 0.15) is 44.1 Å². The first-order valence-corrected chi connectivity index (χ1v) is 8.24. The quantitative estimate of drug-likeness (QED) is 0.453. The first-order valence-electron chi connectivity index (χ1n) is 8.24. The lowest BCUT2D eigenvalue weighted by Crippen LogP contribution is -2.17. The van der Waals surface area contributed by atoms with E-state index in [-0.39, 0.29) is 11.7 Å². The fourth-order valence-corrected chi connectivity index (χ4v) is 4.02. The minimum absolute atomic E-state index is 0.0632. The lowest BCUT2D eigenvalue weighted by molar-refractivity contribution is -0.274. The monoisotopic (exact) mass is 339 g/mol. The van der Waals surface area contributed by atoms with Crippen molar-refractivity contribution in [2.75, 3.05) is 0 Å². The molecule has 0 saturated heterocycles. The van der Waals surface area contributed by atoms with Gasteiger partial charge in [-0.1, -0.05) is 30.5 Å². The average Bonchev–Trinajstić information content (AvgIpc) is 3.14. The highest BCUT2D eigenvalue weighted by atomic mass is 19.4. The van der Waals surface area contributed by atoms with Crippen molar-refractivity contribution < 1.29 is 23.1 Å². The summed E-state index contributed by atoms with van der Waals surface area (Å²) in [7, 11) is 0. The number of oxime groups is 1. The van der Waals surface area contributed by atoms with Gasteiger partial charge in [0.05, 0.1) is 6.21 Å². The molecule has 0 aromatic heterocycles. The van der Waals surface area contributed by atoms with Gasteiger partial charge in [0.25, 0.3) is 0 Å². The fourth-order valence-electron chi connectivity index (χ4n) is 4.02. The number of rotatable bonds is 4. The molecule has 1 N–H and O–H groups in total. The van der Waals surface area contributed by atoms with Gasteiger partial charge in [-0.3, -0.25) is 0 Å². The normalized spacial score (nSPS) is 22.7. The Morgan fingerprint density at radius 3 is 2.58 bits per heavy atom. The summed E-state index contributed by atoms with van der Waals surface area (Å²) in [5.74, 6) is 0.209. The molecule has 1 unspecified atom stereocenters. The molecule has 1 aromatic carbocycles. The Balaban J connectivity index is 1.98. The number of alkyl halides is 3. The molecule has 24 heavy (non-hydrogen) atoms. The molecule has 3 nitrogen and oxygen atoms in total. The molecule has 130 valence electrons. The van der Waals surface area contributed by atoms with Crippen molar-refractivity contribution in [2.45, 2.75) is 44.9 Å². The van der Waals surface area contributed by atoms with Gasteiger partial charge in [-0.15, -0.1) is 18.3 Å². The molecule has 1 aromatic rings. The third kappa shape index (κ3) is 3.74. The second-order valence-corrected chi connectivity index (χ2v) is 6.41. The summed E-state index contributed by atoms with van der Waals surface area (Å²) in [4.78, 5) is 0. The molecule has 1 saturated carbocycles. The number of ether oxygens (including phenoxy) is 1. The van der Waals surface area contributed by atoms with Crippen LogP contribution < -0.4 is 4.74 Å². The number of halogens is 3. The van der Waals surface area contributed by atoms with Crippen molar-refractivity contribution in [2.24, 2.45) is 17.0 Å². The smallest absolute Gasteiger partial charge is 0.411 e. The Morgan fingerprint density at radius 1 is 1.17 bits per heavy atom. The maximum Gasteiger partial charge on any atom is 0.573 e. The van der Waals surface area contributed by atoms with Crippen molar-refractivity contribution in [1.82, 2.24) is 0 Å². The lowest BCUT2D eigenvalue weighted by atomic mass is 9.88. The van der Waals surface area contributed by atoms with Crippen molar-refractivity contribution in [3.63, 3.8) is 0 Å². The van der Waals surface area contributed by atoms with E-state index in [0.29, 0.717) is 5.92 Å². The van der Waals surface area contributed by atoms with Crippen LogP contribution in [-0.2, 0) is 0 Å². The van der Waals surface area contributed by atoms with E-state index < -0.39 is 6.36 Å². The van der Waals surface area contributed by atoms with Crippen LogP contribution in [0.5, 0.6) is 5.75 Å². The zero-order chi connectivity index (χ0) is 17.2. The van der Waals surface area contributed by atoms with Crippen LogP contribution in [0.25, 0.3) is 5.57 Å². The molecule has 2 aliphatic carbocycles. The highest BCUT2D eigenvalue weighted by Crippen LogP contribution is 2.46. The fraction of sp³-hybridized carbons (Fsp3) is 0.500. The minimum Gasteiger partial charge on any atom is -0.411 e. The highest BCUT2D eigenvalue weighted by Gasteiger charge is 2.33. The van der Waals surface area contributed by atoms with Crippen LogP contribution in [0.2, 0.25) is 0 Å². The molecule has 1 atom stereocenters. The van der Waals surface area contributed by atoms with Crippen molar-refractivity contribution in [3.05, 3.63) is 35.4 Å². The van der Waals surface area contributed by atoms with E-state index in [1.54, 1.807) is 12.1 Å². The molecule has 6 heteroatoms. The Bertz CT molecular complexity index is 646.